The second kappa shape index (κ2) is 7.59. The van der Waals surface area contributed by atoms with Gasteiger partial charge < -0.3 is 15.0 Å². The largest absolute Gasteiger partial charge is 0.460 e. The van der Waals surface area contributed by atoms with Gasteiger partial charge in [-0.25, -0.2) is 14.8 Å². The fourth-order valence-corrected chi connectivity index (χ4v) is 2.71. The Balaban J connectivity index is 1.56. The number of hydrogen-bond donors (Lipinski definition) is 1. The summed E-state index contributed by atoms with van der Waals surface area (Å²) in [7, 11) is 0. The number of ether oxygens (including phenoxy) is 1. The number of benzene rings is 1. The van der Waals surface area contributed by atoms with Crippen molar-refractivity contribution in [2.75, 3.05) is 18.4 Å². The minimum Gasteiger partial charge on any atom is -0.460 e. The van der Waals surface area contributed by atoms with Crippen molar-refractivity contribution in [1.29, 1.82) is 0 Å². The van der Waals surface area contributed by atoms with Gasteiger partial charge in [0.1, 0.15) is 6.10 Å². The zero-order valence-corrected chi connectivity index (χ0v) is 13.7. The van der Waals surface area contributed by atoms with Crippen LogP contribution in [-0.4, -0.2) is 40.1 Å². The summed E-state index contributed by atoms with van der Waals surface area (Å²) in [6, 6.07) is 6.31. The Labute approximate surface area is 148 Å². The molecule has 2 amide bonds. The lowest BCUT2D eigenvalue weighted by Gasteiger charge is -2.31. The SMILES string of the molecule is O=C(Nc1ccccc1C(F)(F)F)N1CCC(Oc2ncccn2)CC1. The average Bonchev–Trinajstić information content (AvgIpc) is 2.63. The number of amides is 2. The van der Waals surface area contributed by atoms with Gasteiger partial charge in [-0.05, 0) is 18.2 Å². The van der Waals surface area contributed by atoms with E-state index in [1.807, 2.05) is 0 Å². The van der Waals surface area contributed by atoms with Gasteiger partial charge >= 0.3 is 18.2 Å². The van der Waals surface area contributed by atoms with E-state index in [4.69, 9.17) is 4.74 Å². The Bertz CT molecular complexity index is 747. The van der Waals surface area contributed by atoms with Gasteiger partial charge in [0.25, 0.3) is 0 Å². The molecule has 0 aliphatic carbocycles. The molecular weight excluding hydrogens is 349 g/mol. The molecule has 0 atom stereocenters. The first-order chi connectivity index (χ1) is 12.4. The fourth-order valence-electron chi connectivity index (χ4n) is 2.71. The molecule has 9 heteroatoms. The van der Waals surface area contributed by atoms with Crippen molar-refractivity contribution in [1.82, 2.24) is 14.9 Å². The first-order valence-electron chi connectivity index (χ1n) is 8.09. The third kappa shape index (κ3) is 4.41. The van der Waals surface area contributed by atoms with Crippen LogP contribution in [0.5, 0.6) is 6.01 Å². The summed E-state index contributed by atoms with van der Waals surface area (Å²) in [5.41, 5.74) is -1.12. The van der Waals surface area contributed by atoms with Crippen molar-refractivity contribution >= 4 is 11.7 Å². The highest BCUT2D eigenvalue weighted by atomic mass is 19.4. The normalized spacial score (nSPS) is 15.6. The van der Waals surface area contributed by atoms with E-state index in [9.17, 15) is 18.0 Å². The van der Waals surface area contributed by atoms with E-state index in [1.165, 1.54) is 23.1 Å². The lowest BCUT2D eigenvalue weighted by Crippen LogP contribution is -2.44. The lowest BCUT2D eigenvalue weighted by molar-refractivity contribution is -0.136. The van der Waals surface area contributed by atoms with Gasteiger partial charge in [0.2, 0.25) is 0 Å². The molecule has 0 bridgehead atoms. The maximum absolute atomic E-state index is 13.0. The summed E-state index contributed by atoms with van der Waals surface area (Å²) in [4.78, 5) is 21.7. The molecule has 1 aliphatic rings. The number of alkyl halides is 3. The number of carbonyl (C=O) groups excluding carboxylic acids is 1. The smallest absolute Gasteiger partial charge is 0.418 e. The van der Waals surface area contributed by atoms with Gasteiger partial charge in [0.05, 0.1) is 11.3 Å². The molecular formula is C17H17F3N4O2. The van der Waals surface area contributed by atoms with Gasteiger partial charge in [-0.15, -0.1) is 0 Å². The summed E-state index contributed by atoms with van der Waals surface area (Å²) in [6.45, 7) is 0.745. The molecule has 26 heavy (non-hydrogen) atoms. The summed E-state index contributed by atoms with van der Waals surface area (Å²) in [5, 5.41) is 2.35. The van der Waals surface area contributed by atoms with Crippen LogP contribution in [0.1, 0.15) is 18.4 Å². The number of anilines is 1. The van der Waals surface area contributed by atoms with E-state index < -0.39 is 17.8 Å². The van der Waals surface area contributed by atoms with Crippen molar-refractivity contribution in [3.63, 3.8) is 0 Å². The second-order valence-corrected chi connectivity index (χ2v) is 5.81. The number of piperidine rings is 1. The van der Waals surface area contributed by atoms with Crippen LogP contribution in [0, 0.1) is 0 Å². The van der Waals surface area contributed by atoms with Crippen LogP contribution >= 0.6 is 0 Å². The van der Waals surface area contributed by atoms with E-state index in [0.29, 0.717) is 25.9 Å². The van der Waals surface area contributed by atoms with Gasteiger partial charge in [0, 0.05) is 38.3 Å². The van der Waals surface area contributed by atoms with E-state index >= 15 is 0 Å². The van der Waals surface area contributed by atoms with Crippen LogP contribution in [0.15, 0.2) is 42.7 Å². The third-order valence-corrected chi connectivity index (χ3v) is 4.02. The Morgan fingerprint density at radius 1 is 1.12 bits per heavy atom. The highest BCUT2D eigenvalue weighted by molar-refractivity contribution is 5.90. The Hall–Kier alpha value is -2.84. The molecule has 1 aromatic carbocycles. The molecule has 1 aromatic heterocycles. The molecule has 6 nitrogen and oxygen atoms in total. The highest BCUT2D eigenvalue weighted by Crippen LogP contribution is 2.34. The molecule has 138 valence electrons. The number of nitrogens with one attached hydrogen (secondary N) is 1. The quantitative estimate of drug-likeness (QED) is 0.902. The first kappa shape index (κ1) is 18.0. The molecule has 1 saturated heterocycles. The van der Waals surface area contributed by atoms with Crippen molar-refractivity contribution in [2.24, 2.45) is 0 Å². The van der Waals surface area contributed by atoms with E-state index in [2.05, 4.69) is 15.3 Å². The topological polar surface area (TPSA) is 67.4 Å². The maximum atomic E-state index is 13.0. The monoisotopic (exact) mass is 366 g/mol. The number of rotatable bonds is 3. The maximum Gasteiger partial charge on any atom is 0.418 e. The van der Waals surface area contributed by atoms with Gasteiger partial charge in [-0.2, -0.15) is 13.2 Å². The number of urea groups is 1. The van der Waals surface area contributed by atoms with E-state index in [1.54, 1.807) is 18.5 Å². The van der Waals surface area contributed by atoms with Crippen LogP contribution in [0.4, 0.5) is 23.7 Å². The molecule has 1 N–H and O–H groups in total. The molecule has 0 unspecified atom stereocenters. The summed E-state index contributed by atoms with van der Waals surface area (Å²) >= 11 is 0. The molecule has 3 rings (SSSR count). The molecule has 2 heterocycles. The number of halogens is 3. The number of carbonyl (C=O) groups is 1. The predicted octanol–water partition coefficient (Wildman–Crippen LogP) is 3.57. The Morgan fingerprint density at radius 3 is 2.42 bits per heavy atom. The van der Waals surface area contributed by atoms with Crippen molar-refractivity contribution < 1.29 is 22.7 Å². The van der Waals surface area contributed by atoms with Gasteiger partial charge in [0.15, 0.2) is 0 Å². The molecule has 1 fully saturated rings. The average molecular weight is 366 g/mol. The Kier molecular flexibility index (Phi) is 5.24. The number of likely N-dealkylation sites (tertiary alicyclic amines) is 1. The predicted molar refractivity (Wildman–Crippen MR) is 87.7 cm³/mol. The first-order valence-corrected chi connectivity index (χ1v) is 8.09. The van der Waals surface area contributed by atoms with Crippen LogP contribution in [0.3, 0.4) is 0 Å². The number of hydrogen-bond acceptors (Lipinski definition) is 4. The van der Waals surface area contributed by atoms with Crippen molar-refractivity contribution in [3.05, 3.63) is 48.3 Å². The summed E-state index contributed by atoms with van der Waals surface area (Å²) in [6.07, 6.45) is -0.421. The third-order valence-electron chi connectivity index (χ3n) is 4.02. The second-order valence-electron chi connectivity index (χ2n) is 5.81. The Morgan fingerprint density at radius 2 is 1.77 bits per heavy atom. The fraction of sp³-hybridized carbons (Fsp3) is 0.353. The molecule has 0 saturated carbocycles. The molecule has 0 radical (unpaired) electrons. The van der Waals surface area contributed by atoms with E-state index in [0.717, 1.165) is 6.07 Å². The summed E-state index contributed by atoms with van der Waals surface area (Å²) in [5.74, 6) is 0. The molecule has 2 aromatic rings. The number of para-hydroxylation sites is 1. The van der Waals surface area contributed by atoms with Crippen LogP contribution < -0.4 is 10.1 Å². The van der Waals surface area contributed by atoms with Gasteiger partial charge in [-0.3, -0.25) is 0 Å². The van der Waals surface area contributed by atoms with Crippen LogP contribution in [0.2, 0.25) is 0 Å². The number of nitrogens with zero attached hydrogens (tertiary/aromatic N) is 3. The zero-order chi connectivity index (χ0) is 18.6. The van der Waals surface area contributed by atoms with Crippen LogP contribution in [0.25, 0.3) is 0 Å². The minimum atomic E-state index is -4.53. The lowest BCUT2D eigenvalue weighted by atomic mass is 10.1. The zero-order valence-electron chi connectivity index (χ0n) is 13.7. The van der Waals surface area contributed by atoms with Crippen LogP contribution in [-0.2, 0) is 6.18 Å². The number of aromatic nitrogens is 2. The summed E-state index contributed by atoms with van der Waals surface area (Å²) < 4.78 is 44.7. The van der Waals surface area contributed by atoms with Gasteiger partial charge in [-0.1, -0.05) is 12.1 Å². The highest BCUT2D eigenvalue weighted by Gasteiger charge is 2.34. The van der Waals surface area contributed by atoms with Crippen molar-refractivity contribution in [3.8, 4) is 6.01 Å². The molecule has 0 spiro atoms. The standard InChI is InChI=1S/C17H17F3N4O2/c18-17(19,20)13-4-1-2-5-14(13)23-16(25)24-10-6-12(7-11-24)26-15-21-8-3-9-22-15/h1-5,8-9,12H,6-7,10-11H2,(H,23,25). The molecule has 1 aliphatic heterocycles. The minimum absolute atomic E-state index is 0.135. The van der Waals surface area contributed by atoms with Crippen molar-refractivity contribution in [2.45, 2.75) is 25.1 Å². The van der Waals surface area contributed by atoms with E-state index in [-0.39, 0.29) is 17.8 Å².